The van der Waals surface area contributed by atoms with Crippen LogP contribution in [-0.4, -0.2) is 56.0 Å². The van der Waals surface area contributed by atoms with Crippen molar-refractivity contribution < 1.29 is 28.7 Å². The Kier molecular flexibility index (Phi) is 8.95. The van der Waals surface area contributed by atoms with E-state index in [1.807, 2.05) is 0 Å². The number of nitrogens with zero attached hydrogens (tertiary/aromatic N) is 1. The molecule has 2 aromatic carbocycles. The molecule has 3 rings (SSSR count). The maximum absolute atomic E-state index is 13.4. The van der Waals surface area contributed by atoms with Gasteiger partial charge in [-0.2, -0.15) is 0 Å². The fourth-order valence-corrected chi connectivity index (χ4v) is 4.99. The number of phenols is 1. The second-order valence-corrected chi connectivity index (χ2v) is 10.2. The van der Waals surface area contributed by atoms with Crippen LogP contribution in [-0.2, 0) is 6.54 Å². The number of carbonyl (C=O) groups excluding carboxylic acids is 2. The van der Waals surface area contributed by atoms with Gasteiger partial charge in [-0.25, -0.2) is 0 Å². The maximum atomic E-state index is 13.4. The van der Waals surface area contributed by atoms with Gasteiger partial charge in [0.15, 0.2) is 5.78 Å². The zero-order valence-electron chi connectivity index (χ0n) is 21.9. The van der Waals surface area contributed by atoms with E-state index in [1.165, 1.54) is 59.2 Å². The fourth-order valence-electron chi connectivity index (χ4n) is 4.99. The molecule has 0 radical (unpaired) electrons. The number of hydrogen-bond donors (Lipinski definition) is 1. The Morgan fingerprint density at radius 3 is 2.03 bits per heavy atom. The second kappa shape index (κ2) is 11.7. The van der Waals surface area contributed by atoms with Crippen molar-refractivity contribution in [3.05, 3.63) is 52.1 Å². The molecule has 1 aliphatic carbocycles. The standard InChI is InChI=1S/C29H39NO5/c1-6-7-8-9-10-11-12-13-14-30(2,3)19-20-15-22-26(24(31)16-20)29(33)27-23(28(22)32)17-21(34-4)18-25(27)35-5/h15-18H,6-14,19H2,1-5H3/p+1. The van der Waals surface area contributed by atoms with Gasteiger partial charge in [0, 0.05) is 22.8 Å². The fraction of sp³-hybridized carbons (Fsp3) is 0.517. The van der Waals surface area contributed by atoms with E-state index in [0.29, 0.717) is 12.3 Å². The minimum absolute atomic E-state index is 0.0445. The van der Waals surface area contributed by atoms with Crippen LogP contribution in [0.2, 0.25) is 0 Å². The molecule has 0 spiro atoms. The number of methoxy groups -OCH3 is 2. The number of hydrogen-bond acceptors (Lipinski definition) is 5. The van der Waals surface area contributed by atoms with Gasteiger partial charge in [0.05, 0.1) is 46.0 Å². The first-order valence-electron chi connectivity index (χ1n) is 12.8. The maximum Gasteiger partial charge on any atom is 0.201 e. The van der Waals surface area contributed by atoms with E-state index < -0.39 is 5.78 Å². The molecule has 1 N–H and O–H groups in total. The average molecular weight is 483 g/mol. The lowest BCUT2D eigenvalue weighted by atomic mass is 9.82. The number of aromatic hydroxyl groups is 1. The number of ketones is 2. The lowest BCUT2D eigenvalue weighted by Crippen LogP contribution is -2.39. The first kappa shape index (κ1) is 26.7. The number of phenolic OH excluding ortho intramolecular Hbond substituents is 1. The van der Waals surface area contributed by atoms with E-state index in [-0.39, 0.29) is 39.5 Å². The minimum Gasteiger partial charge on any atom is -0.507 e. The molecule has 0 aromatic heterocycles. The lowest BCUT2D eigenvalue weighted by Gasteiger charge is -2.30. The normalized spacial score (nSPS) is 12.9. The summed E-state index contributed by atoms with van der Waals surface area (Å²) in [7, 11) is 7.27. The molecule has 0 fully saturated rings. The third kappa shape index (κ3) is 6.23. The molecule has 6 heteroatoms. The highest BCUT2D eigenvalue weighted by Gasteiger charge is 2.36. The molecule has 0 heterocycles. The van der Waals surface area contributed by atoms with Gasteiger partial charge in [0.2, 0.25) is 5.78 Å². The molecule has 0 atom stereocenters. The van der Waals surface area contributed by atoms with Gasteiger partial charge < -0.3 is 19.1 Å². The van der Waals surface area contributed by atoms with Crippen LogP contribution in [0.1, 0.15) is 95.7 Å². The summed E-state index contributed by atoms with van der Waals surface area (Å²) in [6, 6.07) is 6.52. The predicted molar refractivity (Wildman–Crippen MR) is 138 cm³/mol. The summed E-state index contributed by atoms with van der Waals surface area (Å²) < 4.78 is 11.4. The van der Waals surface area contributed by atoms with Crippen LogP contribution >= 0.6 is 0 Å². The van der Waals surface area contributed by atoms with Gasteiger partial charge in [-0.1, -0.05) is 45.4 Å². The van der Waals surface area contributed by atoms with Crippen LogP contribution in [0.4, 0.5) is 0 Å². The first-order valence-corrected chi connectivity index (χ1v) is 12.8. The van der Waals surface area contributed by atoms with Crippen molar-refractivity contribution in [1.82, 2.24) is 0 Å². The Balaban J connectivity index is 1.74. The Morgan fingerprint density at radius 1 is 0.771 bits per heavy atom. The third-order valence-electron chi connectivity index (χ3n) is 6.88. The molecule has 6 nitrogen and oxygen atoms in total. The molecule has 0 unspecified atom stereocenters. The molecule has 35 heavy (non-hydrogen) atoms. The molecule has 1 aliphatic rings. The van der Waals surface area contributed by atoms with Crippen molar-refractivity contribution in [3.63, 3.8) is 0 Å². The number of ether oxygens (including phenoxy) is 2. The molecule has 0 aliphatic heterocycles. The van der Waals surface area contributed by atoms with Crippen molar-refractivity contribution in [1.29, 1.82) is 0 Å². The molecular weight excluding hydrogens is 442 g/mol. The highest BCUT2D eigenvalue weighted by atomic mass is 16.5. The summed E-state index contributed by atoms with van der Waals surface area (Å²) in [5, 5.41) is 10.8. The first-order chi connectivity index (χ1) is 16.7. The Morgan fingerprint density at radius 2 is 1.40 bits per heavy atom. The van der Waals surface area contributed by atoms with E-state index in [1.54, 1.807) is 24.3 Å². The average Bonchev–Trinajstić information content (AvgIpc) is 2.82. The Bertz CT molecular complexity index is 1070. The third-order valence-corrected chi connectivity index (χ3v) is 6.88. The number of fused-ring (bicyclic) bond motifs is 2. The topological polar surface area (TPSA) is 72.8 Å². The smallest absolute Gasteiger partial charge is 0.201 e. The van der Waals surface area contributed by atoms with E-state index in [0.717, 1.165) is 23.0 Å². The summed E-state index contributed by atoms with van der Waals surface area (Å²) in [4.78, 5) is 26.7. The van der Waals surface area contributed by atoms with E-state index in [9.17, 15) is 14.7 Å². The molecule has 2 aromatic rings. The van der Waals surface area contributed by atoms with Gasteiger partial charge in [0.25, 0.3) is 0 Å². The molecule has 0 amide bonds. The largest absolute Gasteiger partial charge is 0.507 e. The summed E-state index contributed by atoms with van der Waals surface area (Å²) in [5.41, 5.74) is 1.52. The highest BCUT2D eigenvalue weighted by molar-refractivity contribution is 6.30. The van der Waals surface area contributed by atoms with Crippen LogP contribution in [0.5, 0.6) is 17.2 Å². The van der Waals surface area contributed by atoms with Crippen molar-refractivity contribution >= 4 is 11.6 Å². The van der Waals surface area contributed by atoms with Gasteiger partial charge in [0.1, 0.15) is 23.8 Å². The second-order valence-electron chi connectivity index (χ2n) is 10.2. The lowest BCUT2D eigenvalue weighted by molar-refractivity contribution is -0.903. The van der Waals surface area contributed by atoms with Crippen LogP contribution in [0.25, 0.3) is 0 Å². The van der Waals surface area contributed by atoms with Crippen LogP contribution < -0.4 is 9.47 Å². The van der Waals surface area contributed by atoms with Crippen LogP contribution in [0, 0.1) is 0 Å². The quantitative estimate of drug-likeness (QED) is 0.242. The van der Waals surface area contributed by atoms with Crippen molar-refractivity contribution in [3.8, 4) is 17.2 Å². The minimum atomic E-state index is -0.411. The number of carbonyl (C=O) groups is 2. The number of benzene rings is 2. The molecule has 0 saturated carbocycles. The molecule has 0 bridgehead atoms. The zero-order chi connectivity index (χ0) is 25.6. The molecule has 190 valence electrons. The number of unbranched alkanes of at least 4 members (excludes halogenated alkanes) is 7. The number of quaternary nitrogens is 1. The van der Waals surface area contributed by atoms with E-state index in [4.69, 9.17) is 9.47 Å². The zero-order valence-corrected chi connectivity index (χ0v) is 21.9. The summed E-state index contributed by atoms with van der Waals surface area (Å²) >= 11 is 0. The van der Waals surface area contributed by atoms with Crippen LogP contribution in [0.15, 0.2) is 24.3 Å². The van der Waals surface area contributed by atoms with Gasteiger partial charge >= 0.3 is 0 Å². The molecule has 0 saturated heterocycles. The van der Waals surface area contributed by atoms with Crippen molar-refractivity contribution in [2.45, 2.75) is 64.8 Å². The monoisotopic (exact) mass is 482 g/mol. The SMILES string of the molecule is CCCCCCCCCC[N+](C)(C)Cc1cc(O)c2c(c1)C(=O)c1cc(OC)cc(OC)c1C2=O. The number of rotatable bonds is 13. The van der Waals surface area contributed by atoms with E-state index >= 15 is 0 Å². The van der Waals surface area contributed by atoms with Crippen molar-refractivity contribution in [2.24, 2.45) is 0 Å². The van der Waals surface area contributed by atoms with Gasteiger partial charge in [-0.15, -0.1) is 0 Å². The summed E-state index contributed by atoms with van der Waals surface area (Å²) in [6.45, 7) is 3.91. The Labute approximate surface area is 209 Å². The van der Waals surface area contributed by atoms with Crippen LogP contribution in [0.3, 0.4) is 0 Å². The predicted octanol–water partition coefficient (Wildman–Crippen LogP) is 5.90. The highest BCUT2D eigenvalue weighted by Crippen LogP contribution is 2.40. The molecular formula is C29H40NO5+. The Hall–Kier alpha value is -2.86. The van der Waals surface area contributed by atoms with Gasteiger partial charge in [-0.05, 0) is 31.0 Å². The van der Waals surface area contributed by atoms with Gasteiger partial charge in [-0.3, -0.25) is 9.59 Å². The van der Waals surface area contributed by atoms with E-state index in [2.05, 4.69) is 21.0 Å². The summed E-state index contributed by atoms with van der Waals surface area (Å²) in [6.07, 6.45) is 10.2. The summed E-state index contributed by atoms with van der Waals surface area (Å²) in [5.74, 6) is -0.182. The van der Waals surface area contributed by atoms with Crippen molar-refractivity contribution in [2.75, 3.05) is 34.9 Å².